The van der Waals surface area contributed by atoms with Crippen molar-refractivity contribution in [3.05, 3.63) is 28.5 Å². The van der Waals surface area contributed by atoms with Crippen molar-refractivity contribution in [3.63, 3.8) is 0 Å². The Balaban J connectivity index is 2.06. The van der Waals surface area contributed by atoms with Crippen molar-refractivity contribution in [1.82, 2.24) is 20.3 Å². The number of carbonyl (C=O) groups is 2. The number of hydrogen-bond acceptors (Lipinski definition) is 7. The summed E-state index contributed by atoms with van der Waals surface area (Å²) in [7, 11) is 0. The Hall–Kier alpha value is -2.55. The summed E-state index contributed by atoms with van der Waals surface area (Å²) in [5.74, 6) is -0.647. The van der Waals surface area contributed by atoms with E-state index in [0.29, 0.717) is 11.1 Å². The molecule has 0 aliphatic heterocycles. The Morgan fingerprint density at radius 3 is 2.52 bits per heavy atom. The normalized spacial score (nSPS) is 10.2. The predicted octanol–water partition coefficient (Wildman–Crippen LogP) is 0.509. The number of hydrogen-bond donors (Lipinski definition) is 3. The van der Waals surface area contributed by atoms with Crippen molar-refractivity contribution in [2.45, 2.75) is 13.8 Å². The smallest absolute Gasteiger partial charge is 0.271 e. The third-order valence-corrected chi connectivity index (χ3v) is 3.12. The van der Waals surface area contributed by atoms with Crippen molar-refractivity contribution in [3.8, 4) is 0 Å². The maximum absolute atomic E-state index is 11.7. The van der Waals surface area contributed by atoms with Crippen LogP contribution in [0.5, 0.6) is 0 Å². The molecule has 2 heterocycles. The molecular weight excluding hydrogens is 292 g/mol. The van der Waals surface area contributed by atoms with Gasteiger partial charge in [0.15, 0.2) is 5.13 Å². The van der Waals surface area contributed by atoms with Crippen molar-refractivity contribution >= 4 is 34.2 Å². The maximum atomic E-state index is 11.7. The summed E-state index contributed by atoms with van der Waals surface area (Å²) in [6, 6.07) is 1.86. The van der Waals surface area contributed by atoms with Crippen LogP contribution in [0.4, 0.5) is 11.1 Å². The van der Waals surface area contributed by atoms with Gasteiger partial charge in [0.1, 0.15) is 5.69 Å². The van der Waals surface area contributed by atoms with Gasteiger partial charge in [-0.3, -0.25) is 9.59 Å². The number of amides is 2. The number of nitrogens with zero attached hydrogens (tertiary/aromatic N) is 3. The molecule has 110 valence electrons. The van der Waals surface area contributed by atoms with Gasteiger partial charge in [0.05, 0.1) is 6.54 Å². The number of anilines is 2. The molecule has 2 rings (SSSR count). The van der Waals surface area contributed by atoms with Crippen LogP contribution < -0.4 is 16.4 Å². The Kier molecular flexibility index (Phi) is 4.43. The van der Waals surface area contributed by atoms with Crippen LogP contribution in [-0.2, 0) is 4.79 Å². The minimum Gasteiger partial charge on any atom is -0.368 e. The van der Waals surface area contributed by atoms with E-state index in [-0.39, 0.29) is 12.2 Å². The number of aryl methyl sites for hydroxylation is 2. The fourth-order valence-electron chi connectivity index (χ4n) is 1.57. The van der Waals surface area contributed by atoms with Crippen molar-refractivity contribution in [2.24, 2.45) is 5.73 Å². The average Bonchev–Trinajstić information content (AvgIpc) is 2.83. The van der Waals surface area contributed by atoms with Crippen LogP contribution in [0.25, 0.3) is 0 Å². The van der Waals surface area contributed by atoms with E-state index in [1.54, 1.807) is 5.38 Å². The van der Waals surface area contributed by atoms with E-state index in [9.17, 15) is 9.59 Å². The molecule has 0 atom stereocenters. The number of rotatable bonds is 5. The van der Waals surface area contributed by atoms with Gasteiger partial charge in [0.2, 0.25) is 11.9 Å². The highest BCUT2D eigenvalue weighted by molar-refractivity contribution is 7.14. The lowest BCUT2D eigenvalue weighted by Crippen LogP contribution is -2.33. The first-order chi connectivity index (χ1) is 9.94. The van der Waals surface area contributed by atoms with E-state index in [2.05, 4.69) is 25.6 Å². The van der Waals surface area contributed by atoms with Crippen molar-refractivity contribution in [2.75, 3.05) is 11.9 Å². The summed E-state index contributed by atoms with van der Waals surface area (Å²) in [5, 5.41) is 7.37. The van der Waals surface area contributed by atoms with Gasteiger partial charge in [0.25, 0.3) is 5.91 Å². The number of aromatic nitrogens is 3. The third kappa shape index (κ3) is 4.21. The highest BCUT2D eigenvalue weighted by Crippen LogP contribution is 2.19. The fraction of sp³-hybridized carbons (Fsp3) is 0.250. The number of thiazole rings is 1. The van der Waals surface area contributed by atoms with Crippen LogP contribution in [0.1, 0.15) is 21.9 Å². The van der Waals surface area contributed by atoms with Crippen molar-refractivity contribution < 1.29 is 9.59 Å². The van der Waals surface area contributed by atoms with Gasteiger partial charge in [-0.15, -0.1) is 11.3 Å². The fourth-order valence-corrected chi connectivity index (χ4v) is 2.26. The zero-order chi connectivity index (χ0) is 15.4. The molecule has 21 heavy (non-hydrogen) atoms. The van der Waals surface area contributed by atoms with Crippen LogP contribution in [0.2, 0.25) is 0 Å². The molecule has 0 radical (unpaired) electrons. The number of carbonyl (C=O) groups excluding carboxylic acids is 2. The summed E-state index contributed by atoms with van der Waals surface area (Å²) in [6.07, 6.45) is 0. The molecule has 2 aromatic rings. The largest absolute Gasteiger partial charge is 0.368 e. The van der Waals surface area contributed by atoms with E-state index in [4.69, 9.17) is 5.73 Å². The van der Waals surface area contributed by atoms with Crippen LogP contribution in [0.3, 0.4) is 0 Å². The van der Waals surface area contributed by atoms with Gasteiger partial charge >= 0.3 is 0 Å². The summed E-state index contributed by atoms with van der Waals surface area (Å²) in [5.41, 5.74) is 6.82. The summed E-state index contributed by atoms with van der Waals surface area (Å²) in [6.45, 7) is 3.51. The molecule has 0 unspecified atom stereocenters. The van der Waals surface area contributed by atoms with E-state index < -0.39 is 11.8 Å². The quantitative estimate of drug-likeness (QED) is 0.739. The van der Waals surface area contributed by atoms with Crippen LogP contribution in [-0.4, -0.2) is 33.3 Å². The van der Waals surface area contributed by atoms with E-state index >= 15 is 0 Å². The zero-order valence-corrected chi connectivity index (χ0v) is 12.3. The van der Waals surface area contributed by atoms with Crippen LogP contribution in [0.15, 0.2) is 11.4 Å². The molecular formula is C12H14N6O2S. The SMILES string of the molecule is Cc1cc(C)nc(Nc2nc(C(=O)NCC(N)=O)cs2)n1. The number of nitrogens with two attached hydrogens (primary N) is 1. The molecule has 4 N–H and O–H groups in total. The van der Waals surface area contributed by atoms with Gasteiger partial charge in [-0.05, 0) is 19.9 Å². The first kappa shape index (κ1) is 14.9. The van der Waals surface area contributed by atoms with Gasteiger partial charge in [-0.25, -0.2) is 15.0 Å². The van der Waals surface area contributed by atoms with Gasteiger partial charge < -0.3 is 16.4 Å². The lowest BCUT2D eigenvalue weighted by atomic mass is 10.4. The second-order valence-electron chi connectivity index (χ2n) is 4.29. The third-order valence-electron chi connectivity index (χ3n) is 2.36. The van der Waals surface area contributed by atoms with Crippen molar-refractivity contribution in [1.29, 1.82) is 0 Å². The second-order valence-corrected chi connectivity index (χ2v) is 5.14. The highest BCUT2D eigenvalue weighted by Gasteiger charge is 2.12. The van der Waals surface area contributed by atoms with Gasteiger partial charge in [-0.1, -0.05) is 0 Å². The van der Waals surface area contributed by atoms with E-state index in [1.165, 1.54) is 11.3 Å². The Labute approximate surface area is 124 Å². The second kappa shape index (κ2) is 6.27. The Morgan fingerprint density at radius 1 is 1.24 bits per heavy atom. The minimum absolute atomic E-state index is 0.202. The topological polar surface area (TPSA) is 123 Å². The molecule has 0 saturated heterocycles. The molecule has 2 amide bonds. The molecule has 2 aromatic heterocycles. The molecule has 0 saturated carbocycles. The van der Waals surface area contributed by atoms with Crippen LogP contribution >= 0.6 is 11.3 Å². The summed E-state index contributed by atoms with van der Waals surface area (Å²) >= 11 is 1.24. The summed E-state index contributed by atoms with van der Waals surface area (Å²) in [4.78, 5) is 34.9. The van der Waals surface area contributed by atoms with Gasteiger partial charge in [0, 0.05) is 16.8 Å². The van der Waals surface area contributed by atoms with E-state index in [1.807, 2.05) is 19.9 Å². The molecule has 0 bridgehead atoms. The molecule has 0 aromatic carbocycles. The molecule has 0 aliphatic carbocycles. The minimum atomic E-state index is -0.611. The molecule has 0 fully saturated rings. The summed E-state index contributed by atoms with van der Waals surface area (Å²) < 4.78 is 0. The molecule has 8 nitrogen and oxygen atoms in total. The number of primary amides is 1. The van der Waals surface area contributed by atoms with Gasteiger partial charge in [-0.2, -0.15) is 0 Å². The first-order valence-corrected chi connectivity index (χ1v) is 6.93. The average molecular weight is 306 g/mol. The molecule has 9 heteroatoms. The first-order valence-electron chi connectivity index (χ1n) is 6.05. The predicted molar refractivity (Wildman–Crippen MR) is 78.4 cm³/mol. The highest BCUT2D eigenvalue weighted by atomic mass is 32.1. The Bertz CT molecular complexity index is 664. The molecule has 0 aliphatic rings. The Morgan fingerprint density at radius 2 is 1.90 bits per heavy atom. The van der Waals surface area contributed by atoms with E-state index in [0.717, 1.165) is 11.4 Å². The maximum Gasteiger partial charge on any atom is 0.271 e. The lowest BCUT2D eigenvalue weighted by Gasteiger charge is -2.03. The standard InChI is InChI=1S/C12H14N6O2S/c1-6-3-7(2)16-11(15-6)18-12-17-8(5-21-12)10(20)14-4-9(13)19/h3,5H,4H2,1-2H3,(H2,13,19)(H,14,20)(H,15,16,17,18). The monoisotopic (exact) mass is 306 g/mol. The lowest BCUT2D eigenvalue weighted by molar-refractivity contribution is -0.117. The molecule has 0 spiro atoms. The number of nitrogens with one attached hydrogen (secondary N) is 2. The zero-order valence-electron chi connectivity index (χ0n) is 11.5. The van der Waals surface area contributed by atoms with Crippen LogP contribution in [0, 0.1) is 13.8 Å².